The lowest BCUT2D eigenvalue weighted by Gasteiger charge is -2.07. The van der Waals surface area contributed by atoms with Gasteiger partial charge in [0.05, 0.1) is 10.7 Å². The SMILES string of the molecule is CC(=Nc1cc(F)c(Cl)cc1C)C(C)C. The Morgan fingerprint density at radius 3 is 2.53 bits per heavy atom. The Kier molecular flexibility index (Phi) is 3.86. The van der Waals surface area contributed by atoms with Gasteiger partial charge in [-0.15, -0.1) is 0 Å². The van der Waals surface area contributed by atoms with Crippen LogP contribution in [0.5, 0.6) is 0 Å². The molecule has 0 aromatic heterocycles. The molecular formula is C12H15ClFN. The molecule has 0 N–H and O–H groups in total. The van der Waals surface area contributed by atoms with Gasteiger partial charge in [-0.05, 0) is 31.4 Å². The summed E-state index contributed by atoms with van der Waals surface area (Å²) in [6.07, 6.45) is 0. The van der Waals surface area contributed by atoms with Gasteiger partial charge in [0.1, 0.15) is 5.82 Å². The van der Waals surface area contributed by atoms with Crippen molar-refractivity contribution in [1.29, 1.82) is 0 Å². The van der Waals surface area contributed by atoms with E-state index in [9.17, 15) is 4.39 Å². The van der Waals surface area contributed by atoms with E-state index in [1.54, 1.807) is 6.07 Å². The number of hydrogen-bond acceptors (Lipinski definition) is 1. The quantitative estimate of drug-likeness (QED) is 0.658. The van der Waals surface area contributed by atoms with Gasteiger partial charge in [0.25, 0.3) is 0 Å². The van der Waals surface area contributed by atoms with Gasteiger partial charge in [-0.25, -0.2) is 4.39 Å². The normalized spacial score (nSPS) is 12.3. The third-order valence-corrected chi connectivity index (χ3v) is 2.66. The third kappa shape index (κ3) is 3.03. The van der Waals surface area contributed by atoms with Crippen molar-refractivity contribution in [2.24, 2.45) is 10.9 Å². The second kappa shape index (κ2) is 4.75. The van der Waals surface area contributed by atoms with Crippen LogP contribution in [-0.4, -0.2) is 5.71 Å². The van der Waals surface area contributed by atoms with Crippen LogP contribution in [-0.2, 0) is 0 Å². The summed E-state index contributed by atoms with van der Waals surface area (Å²) in [4.78, 5) is 4.38. The number of aryl methyl sites for hydroxylation is 1. The minimum atomic E-state index is -0.419. The molecule has 0 saturated carbocycles. The molecule has 0 unspecified atom stereocenters. The molecule has 1 aromatic rings. The van der Waals surface area contributed by atoms with E-state index in [4.69, 9.17) is 11.6 Å². The molecule has 1 rings (SSSR count). The van der Waals surface area contributed by atoms with Crippen LogP contribution in [0, 0.1) is 18.7 Å². The van der Waals surface area contributed by atoms with Gasteiger partial charge in [-0.1, -0.05) is 25.4 Å². The fourth-order valence-corrected chi connectivity index (χ4v) is 1.29. The average Bonchev–Trinajstić information content (AvgIpc) is 2.13. The van der Waals surface area contributed by atoms with Crippen molar-refractivity contribution < 1.29 is 4.39 Å². The van der Waals surface area contributed by atoms with Gasteiger partial charge in [0.15, 0.2) is 0 Å². The summed E-state index contributed by atoms with van der Waals surface area (Å²) in [7, 11) is 0. The van der Waals surface area contributed by atoms with E-state index < -0.39 is 5.82 Å². The Labute approximate surface area is 95.0 Å². The van der Waals surface area contributed by atoms with Crippen molar-refractivity contribution in [3.63, 3.8) is 0 Å². The number of aliphatic imine (C=N–C) groups is 1. The molecule has 1 nitrogen and oxygen atoms in total. The van der Waals surface area contributed by atoms with E-state index in [-0.39, 0.29) is 5.02 Å². The predicted octanol–water partition coefficient (Wildman–Crippen LogP) is 4.54. The van der Waals surface area contributed by atoms with Gasteiger partial charge >= 0.3 is 0 Å². The number of hydrogen-bond donors (Lipinski definition) is 0. The molecule has 0 atom stereocenters. The van der Waals surface area contributed by atoms with E-state index in [1.807, 2.05) is 13.8 Å². The molecule has 0 heterocycles. The van der Waals surface area contributed by atoms with Crippen molar-refractivity contribution in [2.45, 2.75) is 27.7 Å². The monoisotopic (exact) mass is 227 g/mol. The Hall–Kier alpha value is -0.890. The van der Waals surface area contributed by atoms with Gasteiger partial charge in [-0.3, -0.25) is 4.99 Å². The van der Waals surface area contributed by atoms with Gasteiger partial charge in [-0.2, -0.15) is 0 Å². The van der Waals surface area contributed by atoms with E-state index >= 15 is 0 Å². The number of nitrogens with zero attached hydrogens (tertiary/aromatic N) is 1. The molecule has 0 radical (unpaired) electrons. The third-order valence-electron chi connectivity index (χ3n) is 2.37. The summed E-state index contributed by atoms with van der Waals surface area (Å²) in [6.45, 7) is 7.93. The van der Waals surface area contributed by atoms with Crippen LogP contribution in [0.4, 0.5) is 10.1 Å². The van der Waals surface area contributed by atoms with Crippen molar-refractivity contribution in [2.75, 3.05) is 0 Å². The summed E-state index contributed by atoms with van der Waals surface area (Å²) < 4.78 is 13.2. The lowest BCUT2D eigenvalue weighted by molar-refractivity contribution is 0.628. The lowest BCUT2D eigenvalue weighted by Crippen LogP contribution is -2.01. The Balaban J connectivity index is 3.16. The highest BCUT2D eigenvalue weighted by Crippen LogP contribution is 2.26. The molecule has 0 aliphatic rings. The van der Waals surface area contributed by atoms with Crippen LogP contribution in [0.15, 0.2) is 17.1 Å². The van der Waals surface area contributed by atoms with E-state index in [2.05, 4.69) is 18.8 Å². The van der Waals surface area contributed by atoms with E-state index in [0.29, 0.717) is 11.6 Å². The maximum absolute atomic E-state index is 13.2. The zero-order valence-electron chi connectivity index (χ0n) is 9.44. The standard InChI is InChI=1S/C12H15ClFN/c1-7(2)9(4)15-12-6-11(14)10(13)5-8(12)3/h5-7H,1-4H3. The Bertz CT molecular complexity index is 397. The fraction of sp³-hybridized carbons (Fsp3) is 0.417. The highest BCUT2D eigenvalue weighted by molar-refractivity contribution is 6.30. The number of benzene rings is 1. The second-order valence-electron chi connectivity index (χ2n) is 3.96. The molecule has 0 aliphatic heterocycles. The second-order valence-corrected chi connectivity index (χ2v) is 4.37. The molecule has 82 valence electrons. The first-order chi connectivity index (χ1) is 6.91. The van der Waals surface area contributed by atoms with Crippen molar-refractivity contribution >= 4 is 23.0 Å². The minimum Gasteiger partial charge on any atom is -0.257 e. The first-order valence-corrected chi connectivity index (χ1v) is 5.30. The molecule has 0 amide bonds. The summed E-state index contributed by atoms with van der Waals surface area (Å²) in [5.74, 6) is -0.0549. The van der Waals surface area contributed by atoms with Crippen molar-refractivity contribution in [3.05, 3.63) is 28.5 Å². The van der Waals surface area contributed by atoms with Gasteiger partial charge < -0.3 is 0 Å². The number of halogens is 2. The molecule has 0 saturated heterocycles. The van der Waals surface area contributed by atoms with Crippen LogP contribution in [0.25, 0.3) is 0 Å². The van der Waals surface area contributed by atoms with Crippen molar-refractivity contribution in [1.82, 2.24) is 0 Å². The van der Waals surface area contributed by atoms with E-state index in [1.165, 1.54) is 6.07 Å². The molecule has 15 heavy (non-hydrogen) atoms. The fourth-order valence-electron chi connectivity index (χ4n) is 1.08. The van der Waals surface area contributed by atoms with Crippen molar-refractivity contribution in [3.8, 4) is 0 Å². The average molecular weight is 228 g/mol. The van der Waals surface area contributed by atoms with Crippen LogP contribution < -0.4 is 0 Å². The number of rotatable bonds is 2. The molecule has 0 aliphatic carbocycles. The Morgan fingerprint density at radius 1 is 1.40 bits per heavy atom. The minimum absolute atomic E-state index is 0.147. The molecule has 1 aromatic carbocycles. The van der Waals surface area contributed by atoms with Crippen LogP contribution >= 0.6 is 11.6 Å². The predicted molar refractivity (Wildman–Crippen MR) is 63.8 cm³/mol. The first kappa shape index (κ1) is 12.2. The topological polar surface area (TPSA) is 12.4 Å². The van der Waals surface area contributed by atoms with Crippen LogP contribution in [0.2, 0.25) is 5.02 Å². The molecule has 0 fully saturated rings. The molecule has 0 bridgehead atoms. The molecular weight excluding hydrogens is 213 g/mol. The highest BCUT2D eigenvalue weighted by atomic mass is 35.5. The summed E-state index contributed by atoms with van der Waals surface area (Å²) in [5, 5.41) is 0.147. The largest absolute Gasteiger partial charge is 0.257 e. The molecule has 0 spiro atoms. The first-order valence-electron chi connectivity index (χ1n) is 4.92. The van der Waals surface area contributed by atoms with Gasteiger partial charge in [0.2, 0.25) is 0 Å². The summed E-state index contributed by atoms with van der Waals surface area (Å²) in [5.41, 5.74) is 2.53. The highest BCUT2D eigenvalue weighted by Gasteiger charge is 2.06. The van der Waals surface area contributed by atoms with Crippen LogP contribution in [0.3, 0.4) is 0 Å². The zero-order chi connectivity index (χ0) is 11.6. The lowest BCUT2D eigenvalue weighted by atomic mass is 10.1. The summed E-state index contributed by atoms with van der Waals surface area (Å²) >= 11 is 5.66. The maximum atomic E-state index is 13.2. The van der Waals surface area contributed by atoms with E-state index in [0.717, 1.165) is 11.3 Å². The maximum Gasteiger partial charge on any atom is 0.143 e. The van der Waals surface area contributed by atoms with Gasteiger partial charge in [0, 0.05) is 11.8 Å². The summed E-state index contributed by atoms with van der Waals surface area (Å²) in [6, 6.07) is 2.98. The molecule has 3 heteroatoms. The Morgan fingerprint density at radius 2 is 2.00 bits per heavy atom. The smallest absolute Gasteiger partial charge is 0.143 e. The van der Waals surface area contributed by atoms with Crippen LogP contribution in [0.1, 0.15) is 26.3 Å². The zero-order valence-corrected chi connectivity index (χ0v) is 10.2.